The first-order valence-corrected chi connectivity index (χ1v) is 9.15. The molecule has 2 aliphatic rings. The number of nitrogens with two attached hydrogens (primary N) is 1. The number of hydrogen-bond donors (Lipinski definition) is 2. The van der Waals surface area contributed by atoms with Crippen molar-refractivity contribution in [2.24, 2.45) is 15.7 Å². The van der Waals surface area contributed by atoms with Crippen LogP contribution in [0.15, 0.2) is 58.5 Å². The van der Waals surface area contributed by atoms with Crippen LogP contribution in [0.25, 0.3) is 0 Å². The number of aryl methyl sites for hydroxylation is 1. The van der Waals surface area contributed by atoms with Crippen molar-refractivity contribution in [1.29, 1.82) is 0 Å². The molecule has 148 valence electrons. The van der Waals surface area contributed by atoms with E-state index < -0.39 is 6.29 Å². The quantitative estimate of drug-likeness (QED) is 0.823. The van der Waals surface area contributed by atoms with Gasteiger partial charge in [-0.2, -0.15) is 4.99 Å². The molecule has 6 nitrogen and oxygen atoms in total. The molecule has 0 aromatic heterocycles. The first-order chi connectivity index (χ1) is 13.1. The van der Waals surface area contributed by atoms with Gasteiger partial charge in [0.2, 0.25) is 18.2 Å². The fourth-order valence-electron chi connectivity index (χ4n) is 3.44. The predicted octanol–water partition coefficient (Wildman–Crippen LogP) is 3.54. The second-order valence-electron chi connectivity index (χ2n) is 6.83. The van der Waals surface area contributed by atoms with Crippen LogP contribution in [0.3, 0.4) is 0 Å². The lowest BCUT2D eigenvalue weighted by Gasteiger charge is -2.38. The Labute approximate surface area is 170 Å². The number of nitrogens with zero attached hydrogens (tertiary/aromatic N) is 4. The molecule has 1 unspecified atom stereocenters. The number of likely N-dealkylation sites (tertiary alicyclic amines) is 1. The molecule has 0 bridgehead atoms. The summed E-state index contributed by atoms with van der Waals surface area (Å²) in [6.45, 7) is 3.94. The van der Waals surface area contributed by atoms with Crippen LogP contribution in [0.4, 0.5) is 15.8 Å². The van der Waals surface area contributed by atoms with Crippen LogP contribution < -0.4 is 16.0 Å². The van der Waals surface area contributed by atoms with Gasteiger partial charge in [0.1, 0.15) is 5.82 Å². The molecule has 0 aliphatic carbocycles. The molecule has 0 saturated carbocycles. The summed E-state index contributed by atoms with van der Waals surface area (Å²) in [5.41, 5.74) is 8.93. The summed E-state index contributed by atoms with van der Waals surface area (Å²) in [6, 6.07) is 14.4. The van der Waals surface area contributed by atoms with Gasteiger partial charge in [-0.3, -0.25) is 4.90 Å². The molecule has 0 radical (unpaired) electrons. The van der Waals surface area contributed by atoms with Crippen molar-refractivity contribution in [3.8, 4) is 0 Å². The van der Waals surface area contributed by atoms with Crippen LogP contribution >= 0.6 is 12.4 Å². The van der Waals surface area contributed by atoms with E-state index in [4.69, 9.17) is 5.73 Å². The minimum atomic E-state index is -0.467. The molecule has 1 saturated heterocycles. The summed E-state index contributed by atoms with van der Waals surface area (Å²) >= 11 is 0. The third-order valence-corrected chi connectivity index (χ3v) is 4.74. The van der Waals surface area contributed by atoms with E-state index in [1.54, 1.807) is 12.1 Å². The van der Waals surface area contributed by atoms with Gasteiger partial charge in [-0.1, -0.05) is 12.1 Å². The van der Waals surface area contributed by atoms with Gasteiger partial charge in [-0.05, 0) is 61.7 Å². The lowest BCUT2D eigenvalue weighted by molar-refractivity contribution is 0.497. The lowest BCUT2D eigenvalue weighted by Crippen LogP contribution is -2.54. The van der Waals surface area contributed by atoms with Crippen molar-refractivity contribution in [2.75, 3.05) is 23.3 Å². The van der Waals surface area contributed by atoms with Gasteiger partial charge >= 0.3 is 0 Å². The van der Waals surface area contributed by atoms with E-state index >= 15 is 0 Å². The summed E-state index contributed by atoms with van der Waals surface area (Å²) in [5, 5.41) is 3.34. The molecule has 8 heteroatoms. The van der Waals surface area contributed by atoms with Gasteiger partial charge < -0.3 is 16.0 Å². The van der Waals surface area contributed by atoms with Crippen LogP contribution in [-0.4, -0.2) is 36.2 Å². The monoisotopic (exact) mass is 402 g/mol. The van der Waals surface area contributed by atoms with Crippen LogP contribution in [-0.2, 0) is 0 Å². The van der Waals surface area contributed by atoms with E-state index in [1.165, 1.54) is 12.1 Å². The molecule has 3 N–H and O–H groups in total. The fourth-order valence-corrected chi connectivity index (χ4v) is 3.44. The molecule has 1 atom stereocenters. The highest BCUT2D eigenvalue weighted by atomic mass is 35.5. The van der Waals surface area contributed by atoms with Crippen molar-refractivity contribution >= 4 is 35.7 Å². The highest BCUT2D eigenvalue weighted by Gasteiger charge is 2.32. The third kappa shape index (κ3) is 4.20. The number of nitrogens with one attached hydrogen (secondary N) is 1. The molecule has 1 fully saturated rings. The maximum Gasteiger partial charge on any atom is 0.222 e. The van der Waals surface area contributed by atoms with E-state index in [0.29, 0.717) is 0 Å². The maximum atomic E-state index is 13.3. The summed E-state index contributed by atoms with van der Waals surface area (Å²) in [6.07, 6.45) is 1.80. The highest BCUT2D eigenvalue weighted by molar-refractivity contribution is 6.06. The van der Waals surface area contributed by atoms with E-state index in [0.717, 1.165) is 48.8 Å². The predicted molar refractivity (Wildman–Crippen MR) is 115 cm³/mol. The number of hydrogen-bond acceptors (Lipinski definition) is 6. The normalized spacial score (nSPS) is 19.0. The van der Waals surface area contributed by atoms with Crippen molar-refractivity contribution in [3.63, 3.8) is 0 Å². The molecular weight excluding hydrogens is 379 g/mol. The first kappa shape index (κ1) is 19.9. The molecule has 28 heavy (non-hydrogen) atoms. The van der Waals surface area contributed by atoms with Crippen molar-refractivity contribution < 1.29 is 4.39 Å². The number of guanidine groups is 2. The van der Waals surface area contributed by atoms with Gasteiger partial charge in [0.25, 0.3) is 0 Å². The largest absolute Gasteiger partial charge is 0.368 e. The summed E-state index contributed by atoms with van der Waals surface area (Å²) < 4.78 is 13.3. The standard InChI is InChI=1S/C20H23FN6.ClH/c1-14-5-4-6-17(13-14)27-19(23-16-9-7-15(21)8-10-16)24-18(22)25-20(27)26-11-2-3-12-26;/h4-10,13,19,23H,2-3,11-12H2,1H3,(H2,22,24);1H. The van der Waals surface area contributed by atoms with E-state index in [1.807, 2.05) is 12.1 Å². The second-order valence-corrected chi connectivity index (χ2v) is 6.83. The summed E-state index contributed by atoms with van der Waals surface area (Å²) in [5.74, 6) is 0.757. The Morgan fingerprint density at radius 2 is 1.82 bits per heavy atom. The number of aliphatic imine (C=N–C) groups is 2. The van der Waals surface area contributed by atoms with E-state index in [-0.39, 0.29) is 24.2 Å². The fraction of sp³-hybridized carbons (Fsp3) is 0.300. The molecule has 4 rings (SSSR count). The zero-order chi connectivity index (χ0) is 18.8. The number of rotatable bonds is 3. The van der Waals surface area contributed by atoms with Crippen molar-refractivity contribution in [2.45, 2.75) is 26.1 Å². The lowest BCUT2D eigenvalue weighted by atomic mass is 10.2. The zero-order valence-corrected chi connectivity index (χ0v) is 16.5. The molecule has 0 amide bonds. The Morgan fingerprint density at radius 3 is 2.50 bits per heavy atom. The molecule has 2 heterocycles. The number of anilines is 2. The minimum absolute atomic E-state index is 0. The minimum Gasteiger partial charge on any atom is -0.368 e. The van der Waals surface area contributed by atoms with Gasteiger partial charge in [0.05, 0.1) is 0 Å². The highest BCUT2D eigenvalue weighted by Crippen LogP contribution is 2.26. The zero-order valence-electron chi connectivity index (χ0n) is 15.7. The topological polar surface area (TPSA) is 69.2 Å². The second kappa shape index (κ2) is 8.48. The average molecular weight is 403 g/mol. The van der Waals surface area contributed by atoms with Crippen LogP contribution in [0.2, 0.25) is 0 Å². The Balaban J connectivity index is 0.00000225. The van der Waals surface area contributed by atoms with Crippen LogP contribution in [0.5, 0.6) is 0 Å². The van der Waals surface area contributed by atoms with Gasteiger partial charge in [-0.25, -0.2) is 9.38 Å². The molecule has 0 spiro atoms. The van der Waals surface area contributed by atoms with Crippen LogP contribution in [0, 0.1) is 12.7 Å². The third-order valence-electron chi connectivity index (χ3n) is 4.74. The Hall–Kier alpha value is -2.80. The van der Waals surface area contributed by atoms with Gasteiger partial charge in [0.15, 0.2) is 0 Å². The molecule has 2 aromatic carbocycles. The van der Waals surface area contributed by atoms with E-state index in [9.17, 15) is 4.39 Å². The smallest absolute Gasteiger partial charge is 0.222 e. The number of halogens is 2. The first-order valence-electron chi connectivity index (χ1n) is 9.15. The average Bonchev–Trinajstić information content (AvgIpc) is 3.18. The van der Waals surface area contributed by atoms with Crippen LogP contribution in [0.1, 0.15) is 18.4 Å². The number of benzene rings is 2. The maximum absolute atomic E-state index is 13.3. The Kier molecular flexibility index (Phi) is 6.04. The summed E-state index contributed by atoms with van der Waals surface area (Å²) in [4.78, 5) is 13.4. The summed E-state index contributed by atoms with van der Waals surface area (Å²) in [7, 11) is 0. The molecular formula is C20H24ClFN6. The molecule has 2 aliphatic heterocycles. The van der Waals surface area contributed by atoms with Gasteiger partial charge in [0, 0.05) is 24.5 Å². The Bertz CT molecular complexity index is 877. The molecule has 2 aromatic rings. The SMILES string of the molecule is Cc1cccc(N2C(N3CCCC3)=NC(N)=NC2Nc2ccc(F)cc2)c1.Cl. The van der Waals surface area contributed by atoms with Crippen molar-refractivity contribution in [1.82, 2.24) is 4.90 Å². The van der Waals surface area contributed by atoms with E-state index in [2.05, 4.69) is 44.2 Å². The van der Waals surface area contributed by atoms with Crippen molar-refractivity contribution in [3.05, 3.63) is 59.9 Å². The van der Waals surface area contributed by atoms with Gasteiger partial charge in [-0.15, -0.1) is 12.4 Å². The Morgan fingerprint density at radius 1 is 1.11 bits per heavy atom.